The molecule has 0 fully saturated rings. The van der Waals surface area contributed by atoms with Crippen molar-refractivity contribution in [3.05, 3.63) is 47.6 Å². The molecule has 2 aromatic heterocycles. The molecular weight excluding hydrogens is 358 g/mol. The molecule has 0 aliphatic rings. The molecule has 0 spiro atoms. The molecule has 0 aliphatic carbocycles. The topological polar surface area (TPSA) is 81.2 Å². The third kappa shape index (κ3) is 4.77. The predicted molar refractivity (Wildman–Crippen MR) is 98.9 cm³/mol. The molecule has 1 N–H and O–H groups in total. The number of carbonyl (C=O) groups is 2. The van der Waals surface area contributed by atoms with Crippen LogP contribution in [0.1, 0.15) is 5.56 Å². The summed E-state index contributed by atoms with van der Waals surface area (Å²) in [6, 6.07) is 9.33. The first-order valence-corrected chi connectivity index (χ1v) is 9.31. The van der Waals surface area contributed by atoms with E-state index in [9.17, 15) is 9.59 Å². The highest BCUT2D eigenvalue weighted by Crippen LogP contribution is 2.27. The van der Waals surface area contributed by atoms with Gasteiger partial charge in [0.15, 0.2) is 6.61 Å². The third-order valence-corrected chi connectivity index (χ3v) is 5.02. The number of ether oxygens (including phenoxy) is 1. The van der Waals surface area contributed by atoms with Crippen LogP contribution in [-0.2, 0) is 14.3 Å². The van der Waals surface area contributed by atoms with Crippen molar-refractivity contribution < 1.29 is 14.3 Å². The summed E-state index contributed by atoms with van der Waals surface area (Å²) in [5.74, 6) is -0.753. The van der Waals surface area contributed by atoms with Crippen molar-refractivity contribution in [1.29, 1.82) is 0 Å². The maximum absolute atomic E-state index is 11.8. The lowest BCUT2D eigenvalue weighted by molar-refractivity contribution is -0.144. The van der Waals surface area contributed by atoms with Crippen LogP contribution in [0.2, 0.25) is 0 Å². The monoisotopic (exact) mass is 373 g/mol. The van der Waals surface area contributed by atoms with Gasteiger partial charge in [0.05, 0.1) is 5.75 Å². The lowest BCUT2D eigenvalue weighted by Crippen LogP contribution is -2.21. The lowest BCUT2D eigenvalue weighted by atomic mass is 10.2. The highest BCUT2D eigenvalue weighted by atomic mass is 32.2. The second-order valence-electron chi connectivity index (χ2n) is 5.19. The quantitative estimate of drug-likeness (QED) is 0.406. The average Bonchev–Trinajstić information content (AvgIpc) is 3.07. The van der Waals surface area contributed by atoms with E-state index in [1.165, 1.54) is 29.4 Å². The molecule has 8 heteroatoms. The van der Waals surface area contributed by atoms with E-state index in [0.29, 0.717) is 5.69 Å². The Labute approximate surface area is 152 Å². The van der Waals surface area contributed by atoms with E-state index in [4.69, 9.17) is 4.74 Å². The molecule has 0 saturated heterocycles. The number of thiophene rings is 1. The molecule has 1 amide bonds. The Hall–Kier alpha value is -2.45. The number of anilines is 1. The molecule has 0 unspecified atom stereocenters. The van der Waals surface area contributed by atoms with E-state index >= 15 is 0 Å². The van der Waals surface area contributed by atoms with Crippen molar-refractivity contribution in [2.75, 3.05) is 17.7 Å². The Morgan fingerprint density at radius 1 is 1.28 bits per heavy atom. The van der Waals surface area contributed by atoms with Crippen LogP contribution >= 0.6 is 23.1 Å². The van der Waals surface area contributed by atoms with E-state index in [1.54, 1.807) is 6.07 Å². The third-order valence-electron chi connectivity index (χ3n) is 3.22. The Morgan fingerprint density at radius 3 is 3.00 bits per heavy atom. The zero-order valence-electron chi connectivity index (χ0n) is 13.4. The number of fused-ring (bicyclic) bond motifs is 1. The highest BCUT2D eigenvalue weighted by Gasteiger charge is 2.11. The number of esters is 1. The van der Waals surface area contributed by atoms with Gasteiger partial charge >= 0.3 is 5.97 Å². The minimum Gasteiger partial charge on any atom is -0.455 e. The summed E-state index contributed by atoms with van der Waals surface area (Å²) in [7, 11) is 0. The van der Waals surface area contributed by atoms with Gasteiger partial charge in [-0.1, -0.05) is 23.9 Å². The normalized spacial score (nSPS) is 10.6. The number of nitrogens with zero attached hydrogens (tertiary/aromatic N) is 2. The van der Waals surface area contributed by atoms with Crippen LogP contribution in [0.3, 0.4) is 0 Å². The maximum atomic E-state index is 11.8. The summed E-state index contributed by atoms with van der Waals surface area (Å²) in [6.45, 7) is 1.62. The molecular formula is C17H15N3O3S2. The van der Waals surface area contributed by atoms with Crippen LogP contribution in [0.4, 0.5) is 5.69 Å². The summed E-state index contributed by atoms with van der Waals surface area (Å²) in [4.78, 5) is 32.9. The summed E-state index contributed by atoms with van der Waals surface area (Å²) in [5, 5.41) is 6.27. The van der Waals surface area contributed by atoms with E-state index in [-0.39, 0.29) is 18.3 Å². The number of nitrogens with one attached hydrogen (secondary N) is 1. The van der Waals surface area contributed by atoms with Crippen molar-refractivity contribution in [2.24, 2.45) is 0 Å². The van der Waals surface area contributed by atoms with Gasteiger partial charge in [0.25, 0.3) is 5.91 Å². The van der Waals surface area contributed by atoms with Gasteiger partial charge in [0, 0.05) is 11.1 Å². The lowest BCUT2D eigenvalue weighted by Gasteiger charge is -2.07. The second-order valence-corrected chi connectivity index (χ2v) is 7.04. The Morgan fingerprint density at radius 2 is 2.16 bits per heavy atom. The SMILES string of the molecule is Cc1cccc(NC(=O)COC(=O)CSc2ncnc3sccc23)c1. The zero-order valence-corrected chi connectivity index (χ0v) is 15.0. The number of carbonyl (C=O) groups excluding carboxylic acids is 2. The van der Waals surface area contributed by atoms with Crippen LogP contribution in [0, 0.1) is 6.92 Å². The summed E-state index contributed by atoms with van der Waals surface area (Å²) in [6.07, 6.45) is 1.47. The first-order valence-electron chi connectivity index (χ1n) is 7.45. The molecule has 0 radical (unpaired) electrons. The number of thioether (sulfide) groups is 1. The molecule has 0 atom stereocenters. The van der Waals surface area contributed by atoms with Crippen LogP contribution in [-0.4, -0.2) is 34.2 Å². The van der Waals surface area contributed by atoms with Gasteiger partial charge in [-0.2, -0.15) is 0 Å². The van der Waals surface area contributed by atoms with Crippen molar-refractivity contribution in [1.82, 2.24) is 9.97 Å². The second kappa shape index (κ2) is 8.09. The van der Waals surface area contributed by atoms with Gasteiger partial charge in [0.1, 0.15) is 16.2 Å². The summed E-state index contributed by atoms with van der Waals surface area (Å²) >= 11 is 2.79. The molecule has 2 heterocycles. The van der Waals surface area contributed by atoms with Crippen LogP contribution in [0.5, 0.6) is 0 Å². The van der Waals surface area contributed by atoms with E-state index in [0.717, 1.165) is 20.8 Å². The maximum Gasteiger partial charge on any atom is 0.316 e. The van der Waals surface area contributed by atoms with Crippen LogP contribution in [0.15, 0.2) is 47.1 Å². The fourth-order valence-corrected chi connectivity index (χ4v) is 3.69. The van der Waals surface area contributed by atoms with Gasteiger partial charge in [-0.05, 0) is 36.1 Å². The number of rotatable bonds is 6. The van der Waals surface area contributed by atoms with Gasteiger partial charge in [-0.15, -0.1) is 11.3 Å². The zero-order chi connectivity index (χ0) is 17.6. The number of hydrogen-bond donors (Lipinski definition) is 1. The number of aromatic nitrogens is 2. The minimum absolute atomic E-state index is 0.0830. The largest absolute Gasteiger partial charge is 0.455 e. The smallest absolute Gasteiger partial charge is 0.316 e. The number of hydrogen-bond acceptors (Lipinski definition) is 7. The standard InChI is InChI=1S/C17H15N3O3S2/c1-11-3-2-4-12(7-11)20-14(21)8-23-15(22)9-25-17-13-5-6-24-16(13)18-10-19-17/h2-7,10H,8-9H2,1H3,(H,20,21). The molecule has 3 rings (SSSR count). The van der Waals surface area contributed by atoms with Crippen molar-refractivity contribution in [2.45, 2.75) is 11.9 Å². The highest BCUT2D eigenvalue weighted by molar-refractivity contribution is 8.00. The molecule has 0 aliphatic heterocycles. The first kappa shape index (κ1) is 17.4. The van der Waals surface area contributed by atoms with E-state index in [2.05, 4.69) is 15.3 Å². The van der Waals surface area contributed by atoms with E-state index < -0.39 is 5.97 Å². The number of benzene rings is 1. The van der Waals surface area contributed by atoms with Crippen molar-refractivity contribution in [3.8, 4) is 0 Å². The fraction of sp³-hybridized carbons (Fsp3) is 0.176. The summed E-state index contributed by atoms with van der Waals surface area (Å²) in [5.41, 5.74) is 1.71. The number of amides is 1. The molecule has 1 aromatic carbocycles. The summed E-state index contributed by atoms with van der Waals surface area (Å²) < 4.78 is 5.01. The molecule has 3 aromatic rings. The molecule has 6 nitrogen and oxygen atoms in total. The predicted octanol–water partition coefficient (Wildman–Crippen LogP) is 3.27. The van der Waals surface area contributed by atoms with Crippen LogP contribution in [0.25, 0.3) is 10.2 Å². The van der Waals surface area contributed by atoms with Crippen molar-refractivity contribution in [3.63, 3.8) is 0 Å². The van der Waals surface area contributed by atoms with Gasteiger partial charge in [-0.3, -0.25) is 9.59 Å². The van der Waals surface area contributed by atoms with Gasteiger partial charge < -0.3 is 10.1 Å². The van der Waals surface area contributed by atoms with Gasteiger partial charge in [0.2, 0.25) is 0 Å². The van der Waals surface area contributed by atoms with Crippen molar-refractivity contribution >= 4 is 50.9 Å². The molecule has 0 saturated carbocycles. The molecule has 25 heavy (non-hydrogen) atoms. The van der Waals surface area contributed by atoms with E-state index in [1.807, 2.05) is 36.6 Å². The van der Waals surface area contributed by atoms with Gasteiger partial charge in [-0.25, -0.2) is 9.97 Å². The number of aryl methyl sites for hydroxylation is 1. The molecule has 0 bridgehead atoms. The Balaban J connectivity index is 1.46. The average molecular weight is 373 g/mol. The Bertz CT molecular complexity index is 911. The molecule has 128 valence electrons. The van der Waals surface area contributed by atoms with Crippen LogP contribution < -0.4 is 5.32 Å². The minimum atomic E-state index is -0.466. The fourth-order valence-electron chi connectivity index (χ4n) is 2.12. The Kier molecular flexibility index (Phi) is 5.62. The first-order chi connectivity index (χ1) is 12.1.